The molecule has 2 aromatic rings. The number of nitrogens with zero attached hydrogens (tertiary/aromatic N) is 2. The number of aryl methyl sites for hydroxylation is 1. The van der Waals surface area contributed by atoms with E-state index in [0.717, 1.165) is 29.1 Å². The summed E-state index contributed by atoms with van der Waals surface area (Å²) in [6.45, 7) is 5.70. The zero-order valence-electron chi connectivity index (χ0n) is 14.4. The van der Waals surface area contributed by atoms with Gasteiger partial charge in [0, 0.05) is 32.7 Å². The summed E-state index contributed by atoms with van der Waals surface area (Å²) in [5.74, 6) is 0.137. The summed E-state index contributed by atoms with van der Waals surface area (Å²) in [5.41, 5.74) is 2.13. The van der Waals surface area contributed by atoms with E-state index in [4.69, 9.17) is 0 Å². The first kappa shape index (κ1) is 17.6. The number of hydrogen-bond donors (Lipinski definition) is 1. The van der Waals surface area contributed by atoms with Crippen molar-refractivity contribution in [1.29, 1.82) is 0 Å². The molecule has 25 heavy (non-hydrogen) atoms. The normalized spacial score (nSPS) is 15.2. The van der Waals surface area contributed by atoms with Gasteiger partial charge in [-0.2, -0.15) is 0 Å². The molecule has 0 bridgehead atoms. The monoisotopic (exact) mass is 357 g/mol. The molecule has 2 amide bonds. The minimum atomic E-state index is 0.0257. The molecule has 1 aliphatic heterocycles. The Hall–Kier alpha value is -2.18. The smallest absolute Gasteiger partial charge is 0.264 e. The van der Waals surface area contributed by atoms with E-state index in [-0.39, 0.29) is 11.8 Å². The van der Waals surface area contributed by atoms with Crippen LogP contribution in [0, 0.1) is 6.92 Å². The number of amides is 2. The molecular weight excluding hydrogens is 334 g/mol. The molecule has 2 heterocycles. The summed E-state index contributed by atoms with van der Waals surface area (Å²) in [6, 6.07) is 11.9. The molecule has 132 valence electrons. The van der Waals surface area contributed by atoms with Crippen LogP contribution in [-0.4, -0.2) is 54.3 Å². The molecule has 1 aromatic heterocycles. The van der Waals surface area contributed by atoms with Gasteiger partial charge in [-0.15, -0.1) is 11.3 Å². The number of carbonyl (C=O) groups is 2. The van der Waals surface area contributed by atoms with Crippen molar-refractivity contribution in [2.45, 2.75) is 13.5 Å². The lowest BCUT2D eigenvalue weighted by Gasteiger charge is -2.34. The van der Waals surface area contributed by atoms with Gasteiger partial charge in [0.05, 0.1) is 11.4 Å². The Labute approximate surface area is 152 Å². The van der Waals surface area contributed by atoms with Gasteiger partial charge in [-0.3, -0.25) is 14.5 Å². The molecule has 1 saturated heterocycles. The van der Waals surface area contributed by atoms with Gasteiger partial charge >= 0.3 is 0 Å². The third kappa shape index (κ3) is 4.67. The van der Waals surface area contributed by atoms with E-state index in [9.17, 15) is 9.59 Å². The lowest BCUT2D eigenvalue weighted by Crippen LogP contribution is -2.51. The minimum absolute atomic E-state index is 0.0257. The van der Waals surface area contributed by atoms with Crippen LogP contribution in [0.2, 0.25) is 0 Å². The van der Waals surface area contributed by atoms with Crippen molar-refractivity contribution in [2.75, 3.05) is 32.7 Å². The maximum absolute atomic E-state index is 12.5. The minimum Gasteiger partial charge on any atom is -0.351 e. The van der Waals surface area contributed by atoms with Crippen molar-refractivity contribution in [2.24, 2.45) is 0 Å². The molecule has 0 spiro atoms. The second-order valence-electron chi connectivity index (χ2n) is 6.26. The third-order valence-electron chi connectivity index (χ3n) is 4.42. The van der Waals surface area contributed by atoms with Crippen LogP contribution in [0.5, 0.6) is 0 Å². The van der Waals surface area contributed by atoms with Gasteiger partial charge in [-0.1, -0.05) is 30.3 Å². The molecule has 0 radical (unpaired) electrons. The van der Waals surface area contributed by atoms with Gasteiger partial charge < -0.3 is 10.2 Å². The average Bonchev–Trinajstić information content (AvgIpc) is 3.07. The largest absolute Gasteiger partial charge is 0.351 e. The Kier molecular flexibility index (Phi) is 5.83. The standard InChI is InChI=1S/C19H23N3O2S/c1-15-7-12-25-18(15)19(24)22-10-8-21(9-11-22)14-17(23)20-13-16-5-3-2-4-6-16/h2-7,12H,8-11,13-14H2,1H3,(H,20,23). The SMILES string of the molecule is Cc1ccsc1C(=O)N1CCN(CC(=O)NCc2ccccc2)CC1. The zero-order valence-corrected chi connectivity index (χ0v) is 15.2. The summed E-state index contributed by atoms with van der Waals surface area (Å²) in [7, 11) is 0. The number of hydrogen-bond acceptors (Lipinski definition) is 4. The molecule has 1 N–H and O–H groups in total. The van der Waals surface area contributed by atoms with Crippen LogP contribution < -0.4 is 5.32 Å². The van der Waals surface area contributed by atoms with Gasteiger partial charge in [0.1, 0.15) is 0 Å². The van der Waals surface area contributed by atoms with Gasteiger partial charge in [0.25, 0.3) is 5.91 Å². The number of nitrogens with one attached hydrogen (secondary N) is 1. The van der Waals surface area contributed by atoms with Crippen molar-refractivity contribution in [3.63, 3.8) is 0 Å². The molecule has 1 fully saturated rings. The van der Waals surface area contributed by atoms with Crippen LogP contribution in [0.1, 0.15) is 20.8 Å². The number of rotatable bonds is 5. The quantitative estimate of drug-likeness (QED) is 0.892. The van der Waals surface area contributed by atoms with Crippen molar-refractivity contribution < 1.29 is 9.59 Å². The second-order valence-corrected chi connectivity index (χ2v) is 7.18. The van der Waals surface area contributed by atoms with Crippen molar-refractivity contribution in [3.8, 4) is 0 Å². The van der Waals surface area contributed by atoms with Gasteiger partial charge in [-0.25, -0.2) is 0 Å². The van der Waals surface area contributed by atoms with E-state index in [1.807, 2.05) is 53.6 Å². The summed E-state index contributed by atoms with van der Waals surface area (Å²) < 4.78 is 0. The van der Waals surface area contributed by atoms with Gasteiger partial charge in [-0.05, 0) is 29.5 Å². The van der Waals surface area contributed by atoms with Crippen LogP contribution in [-0.2, 0) is 11.3 Å². The number of thiophene rings is 1. The molecule has 1 aliphatic rings. The number of benzene rings is 1. The molecule has 0 unspecified atom stereocenters. The Morgan fingerprint density at radius 3 is 2.44 bits per heavy atom. The van der Waals surface area contributed by atoms with Crippen LogP contribution in [0.15, 0.2) is 41.8 Å². The lowest BCUT2D eigenvalue weighted by molar-refractivity contribution is -0.122. The highest BCUT2D eigenvalue weighted by Gasteiger charge is 2.24. The molecule has 0 saturated carbocycles. The average molecular weight is 357 g/mol. The van der Waals surface area contributed by atoms with Crippen molar-refractivity contribution in [3.05, 3.63) is 57.8 Å². The molecule has 3 rings (SSSR count). The van der Waals surface area contributed by atoms with Crippen molar-refractivity contribution >= 4 is 23.2 Å². The highest BCUT2D eigenvalue weighted by Crippen LogP contribution is 2.18. The Balaban J connectivity index is 1.42. The van der Waals surface area contributed by atoms with Crippen LogP contribution in [0.4, 0.5) is 0 Å². The fourth-order valence-electron chi connectivity index (χ4n) is 2.90. The topological polar surface area (TPSA) is 52.7 Å². The third-order valence-corrected chi connectivity index (χ3v) is 5.42. The molecule has 5 nitrogen and oxygen atoms in total. The summed E-state index contributed by atoms with van der Waals surface area (Å²) >= 11 is 1.50. The fraction of sp³-hybridized carbons (Fsp3) is 0.368. The molecule has 0 aliphatic carbocycles. The zero-order chi connectivity index (χ0) is 17.6. The molecule has 6 heteroatoms. The maximum atomic E-state index is 12.5. The first-order chi connectivity index (χ1) is 12.1. The second kappa shape index (κ2) is 8.27. The van der Waals surface area contributed by atoms with E-state index in [0.29, 0.717) is 26.2 Å². The summed E-state index contributed by atoms with van der Waals surface area (Å²) in [5, 5.41) is 4.90. The Bertz CT molecular complexity index is 721. The first-order valence-corrected chi connectivity index (χ1v) is 9.38. The van der Waals surface area contributed by atoms with Crippen molar-refractivity contribution in [1.82, 2.24) is 15.1 Å². The highest BCUT2D eigenvalue weighted by molar-refractivity contribution is 7.12. The Morgan fingerprint density at radius 1 is 1.08 bits per heavy atom. The predicted molar refractivity (Wildman–Crippen MR) is 99.7 cm³/mol. The maximum Gasteiger partial charge on any atom is 0.264 e. The van der Waals surface area contributed by atoms with Gasteiger partial charge in [0.2, 0.25) is 5.91 Å². The first-order valence-electron chi connectivity index (χ1n) is 8.50. The van der Waals surface area contributed by atoms with E-state index < -0.39 is 0 Å². The van der Waals surface area contributed by atoms with E-state index in [1.54, 1.807) is 0 Å². The van der Waals surface area contributed by atoms with E-state index >= 15 is 0 Å². The molecule has 1 aromatic carbocycles. The number of piperazine rings is 1. The van der Waals surface area contributed by atoms with E-state index in [2.05, 4.69) is 10.2 Å². The Morgan fingerprint density at radius 2 is 1.80 bits per heavy atom. The molecule has 0 atom stereocenters. The predicted octanol–water partition coefficient (Wildman–Crippen LogP) is 2.13. The van der Waals surface area contributed by atoms with Crippen LogP contribution >= 0.6 is 11.3 Å². The number of carbonyl (C=O) groups excluding carboxylic acids is 2. The summed E-state index contributed by atoms with van der Waals surface area (Å²) in [6.07, 6.45) is 0. The van der Waals surface area contributed by atoms with Crippen LogP contribution in [0.3, 0.4) is 0 Å². The lowest BCUT2D eigenvalue weighted by atomic mass is 10.2. The summed E-state index contributed by atoms with van der Waals surface area (Å²) in [4.78, 5) is 29.4. The highest BCUT2D eigenvalue weighted by atomic mass is 32.1. The van der Waals surface area contributed by atoms with Crippen LogP contribution in [0.25, 0.3) is 0 Å². The van der Waals surface area contributed by atoms with Gasteiger partial charge in [0.15, 0.2) is 0 Å². The van der Waals surface area contributed by atoms with E-state index in [1.165, 1.54) is 11.3 Å². The fourth-order valence-corrected chi connectivity index (χ4v) is 3.79. The molecular formula is C19H23N3O2S.